The first-order chi connectivity index (χ1) is 11.5. The minimum atomic E-state index is 0.0751. The summed E-state index contributed by atoms with van der Waals surface area (Å²) in [5.74, 6) is 0.779. The van der Waals surface area contributed by atoms with E-state index in [1.165, 1.54) is 5.56 Å². The summed E-state index contributed by atoms with van der Waals surface area (Å²) in [7, 11) is 0. The van der Waals surface area contributed by atoms with Gasteiger partial charge in [-0.25, -0.2) is 4.99 Å². The molecule has 1 aromatic carbocycles. The largest absolute Gasteiger partial charge is 0.357 e. The number of carbonyl (C=O) groups excluding carboxylic acids is 1. The van der Waals surface area contributed by atoms with Crippen LogP contribution in [0.25, 0.3) is 0 Å². The molecule has 0 atom stereocenters. The summed E-state index contributed by atoms with van der Waals surface area (Å²) >= 11 is 1.60. The summed E-state index contributed by atoms with van der Waals surface area (Å²) in [6, 6.07) is 8.05. The zero-order chi connectivity index (χ0) is 17.3. The molecule has 2 N–H and O–H groups in total. The zero-order valence-electron chi connectivity index (χ0n) is 14.2. The van der Waals surface area contributed by atoms with Gasteiger partial charge < -0.3 is 4.98 Å². The Morgan fingerprint density at radius 2 is 1.92 bits per heavy atom. The van der Waals surface area contributed by atoms with E-state index in [0.717, 1.165) is 39.1 Å². The highest BCUT2D eigenvalue weighted by atomic mass is 32.2. The number of hydrogen-bond acceptors (Lipinski definition) is 4. The lowest BCUT2D eigenvalue weighted by Crippen LogP contribution is -2.25. The number of rotatable bonds is 3. The van der Waals surface area contributed by atoms with Crippen LogP contribution in [0.1, 0.15) is 39.8 Å². The second kappa shape index (κ2) is 6.65. The summed E-state index contributed by atoms with van der Waals surface area (Å²) in [5.41, 5.74) is 9.56. The molecule has 124 valence electrons. The van der Waals surface area contributed by atoms with Crippen molar-refractivity contribution in [2.45, 2.75) is 27.7 Å². The molecular formula is C18H20N4OS. The van der Waals surface area contributed by atoms with E-state index in [2.05, 4.69) is 27.4 Å². The summed E-state index contributed by atoms with van der Waals surface area (Å²) in [6.07, 6.45) is 0. The molecule has 1 aliphatic rings. The Bertz CT molecular complexity index is 847. The van der Waals surface area contributed by atoms with Gasteiger partial charge in [0.05, 0.1) is 17.1 Å². The Hall–Kier alpha value is -2.34. The molecule has 24 heavy (non-hydrogen) atoms. The van der Waals surface area contributed by atoms with Crippen LogP contribution in [-0.4, -0.2) is 27.4 Å². The molecule has 0 radical (unpaired) electrons. The number of aryl methyl sites for hydroxylation is 2. The number of ketones is 1. The quantitative estimate of drug-likeness (QED) is 0.833. The van der Waals surface area contributed by atoms with Crippen molar-refractivity contribution in [2.75, 3.05) is 5.75 Å². The number of aromatic nitrogens is 1. The van der Waals surface area contributed by atoms with Crippen LogP contribution in [0.4, 0.5) is 5.69 Å². The lowest BCUT2D eigenvalue weighted by Gasteiger charge is -2.14. The monoisotopic (exact) mass is 340 g/mol. The Balaban J connectivity index is 1.82. The van der Waals surface area contributed by atoms with Crippen LogP contribution in [0.2, 0.25) is 0 Å². The number of carbonyl (C=O) groups is 1. The fourth-order valence-corrected chi connectivity index (χ4v) is 3.57. The number of hydrazone groups is 1. The van der Waals surface area contributed by atoms with Crippen LogP contribution < -0.4 is 5.43 Å². The SMILES string of the molecule is CC(=O)c1c(C)[nH]c(C2=NNC(=Nc3ccc(C)cc3)SC2)c1C. The van der Waals surface area contributed by atoms with Gasteiger partial charge in [0.15, 0.2) is 11.0 Å². The predicted molar refractivity (Wildman–Crippen MR) is 101 cm³/mol. The summed E-state index contributed by atoms with van der Waals surface area (Å²) in [4.78, 5) is 19.6. The summed E-state index contributed by atoms with van der Waals surface area (Å²) < 4.78 is 0. The molecule has 0 amide bonds. The number of nitrogens with zero attached hydrogens (tertiary/aromatic N) is 2. The molecule has 1 aliphatic heterocycles. The summed E-state index contributed by atoms with van der Waals surface area (Å²) in [5, 5.41) is 5.22. The molecule has 5 nitrogen and oxygen atoms in total. The van der Waals surface area contributed by atoms with Gasteiger partial charge in [-0.05, 0) is 45.4 Å². The van der Waals surface area contributed by atoms with Gasteiger partial charge in [0.25, 0.3) is 0 Å². The Kier molecular flexibility index (Phi) is 4.57. The van der Waals surface area contributed by atoms with Gasteiger partial charge in [-0.3, -0.25) is 10.2 Å². The molecule has 0 aliphatic carbocycles. The van der Waals surface area contributed by atoms with Crippen molar-refractivity contribution in [1.29, 1.82) is 0 Å². The normalized spacial score (nSPS) is 16.0. The molecule has 2 aromatic rings. The minimum Gasteiger partial charge on any atom is -0.357 e. The number of aliphatic imine (C=N–C) groups is 1. The van der Waals surface area contributed by atoms with Gasteiger partial charge in [0.2, 0.25) is 0 Å². The van der Waals surface area contributed by atoms with Crippen LogP contribution in [0, 0.1) is 20.8 Å². The number of Topliss-reactive ketones (excluding diaryl/α,β-unsaturated/α-hetero) is 1. The van der Waals surface area contributed by atoms with E-state index in [1.54, 1.807) is 18.7 Å². The molecule has 0 saturated carbocycles. The van der Waals surface area contributed by atoms with Crippen molar-refractivity contribution in [1.82, 2.24) is 10.4 Å². The topological polar surface area (TPSA) is 69.6 Å². The maximum Gasteiger partial charge on any atom is 0.182 e. The highest BCUT2D eigenvalue weighted by Crippen LogP contribution is 2.23. The first-order valence-corrected chi connectivity index (χ1v) is 8.75. The first-order valence-electron chi connectivity index (χ1n) is 7.77. The highest BCUT2D eigenvalue weighted by molar-refractivity contribution is 8.14. The fourth-order valence-electron chi connectivity index (χ4n) is 2.81. The van der Waals surface area contributed by atoms with Gasteiger partial charge in [-0.1, -0.05) is 29.5 Å². The Morgan fingerprint density at radius 3 is 2.46 bits per heavy atom. The van der Waals surface area contributed by atoms with Gasteiger partial charge in [-0.2, -0.15) is 5.10 Å². The highest BCUT2D eigenvalue weighted by Gasteiger charge is 2.21. The lowest BCUT2D eigenvalue weighted by molar-refractivity contribution is 0.101. The van der Waals surface area contributed by atoms with Crippen molar-refractivity contribution in [2.24, 2.45) is 10.1 Å². The van der Waals surface area contributed by atoms with E-state index in [1.807, 2.05) is 38.1 Å². The molecule has 6 heteroatoms. The lowest BCUT2D eigenvalue weighted by atomic mass is 10.1. The third-order valence-corrected chi connectivity index (χ3v) is 4.85. The van der Waals surface area contributed by atoms with Crippen molar-refractivity contribution in [3.05, 3.63) is 52.3 Å². The Labute approximate surface area is 145 Å². The first kappa shape index (κ1) is 16.5. The number of thioether (sulfide) groups is 1. The van der Waals surface area contributed by atoms with Gasteiger partial charge in [0, 0.05) is 17.0 Å². The Morgan fingerprint density at radius 1 is 1.21 bits per heavy atom. The maximum atomic E-state index is 11.8. The zero-order valence-corrected chi connectivity index (χ0v) is 15.0. The van der Waals surface area contributed by atoms with Crippen LogP contribution in [0.5, 0.6) is 0 Å². The molecule has 3 rings (SSSR count). The van der Waals surface area contributed by atoms with E-state index in [9.17, 15) is 4.79 Å². The third-order valence-electron chi connectivity index (χ3n) is 3.97. The minimum absolute atomic E-state index is 0.0751. The molecule has 0 unspecified atom stereocenters. The van der Waals surface area contributed by atoms with E-state index < -0.39 is 0 Å². The number of aromatic amines is 1. The third kappa shape index (κ3) is 3.28. The molecule has 0 saturated heterocycles. The van der Waals surface area contributed by atoms with E-state index >= 15 is 0 Å². The summed E-state index contributed by atoms with van der Waals surface area (Å²) in [6.45, 7) is 7.52. The van der Waals surface area contributed by atoms with E-state index in [4.69, 9.17) is 0 Å². The fraction of sp³-hybridized carbons (Fsp3) is 0.278. The number of amidine groups is 1. The van der Waals surface area contributed by atoms with Crippen molar-refractivity contribution in [3.63, 3.8) is 0 Å². The van der Waals surface area contributed by atoms with Crippen LogP contribution in [0.15, 0.2) is 34.4 Å². The van der Waals surface area contributed by atoms with Crippen LogP contribution in [0.3, 0.4) is 0 Å². The molecule has 1 aromatic heterocycles. The number of benzene rings is 1. The van der Waals surface area contributed by atoms with Crippen molar-refractivity contribution < 1.29 is 4.79 Å². The standard InChI is InChI=1S/C18H20N4OS/c1-10-5-7-14(8-6-10)20-18-22-21-15(9-24-18)17-11(2)16(13(4)23)12(3)19-17/h5-8,19H,9H2,1-4H3,(H,20,22). The molecule has 0 spiro atoms. The number of H-pyrrole nitrogens is 1. The van der Waals surface area contributed by atoms with Crippen LogP contribution in [-0.2, 0) is 0 Å². The van der Waals surface area contributed by atoms with Gasteiger partial charge in [-0.15, -0.1) is 0 Å². The van der Waals surface area contributed by atoms with Crippen LogP contribution >= 0.6 is 11.8 Å². The molecule has 2 heterocycles. The predicted octanol–water partition coefficient (Wildman–Crippen LogP) is 3.87. The molecular weight excluding hydrogens is 320 g/mol. The van der Waals surface area contributed by atoms with Gasteiger partial charge in [0.1, 0.15) is 0 Å². The molecule has 0 bridgehead atoms. The van der Waals surface area contributed by atoms with Crippen molar-refractivity contribution in [3.8, 4) is 0 Å². The average molecular weight is 340 g/mol. The van der Waals surface area contributed by atoms with E-state index in [-0.39, 0.29) is 5.78 Å². The average Bonchev–Trinajstić information content (AvgIpc) is 2.85. The second-order valence-corrected chi connectivity index (χ2v) is 6.86. The molecule has 0 fully saturated rings. The number of nitrogens with one attached hydrogen (secondary N) is 2. The number of hydrogen-bond donors (Lipinski definition) is 2. The maximum absolute atomic E-state index is 11.8. The second-order valence-electron chi connectivity index (χ2n) is 5.89. The van der Waals surface area contributed by atoms with Crippen molar-refractivity contribution >= 4 is 34.1 Å². The van der Waals surface area contributed by atoms with E-state index in [0.29, 0.717) is 5.75 Å². The van der Waals surface area contributed by atoms with Gasteiger partial charge >= 0.3 is 0 Å². The smallest absolute Gasteiger partial charge is 0.182 e.